The van der Waals surface area contributed by atoms with Gasteiger partial charge in [-0.05, 0) is 37.6 Å². The summed E-state index contributed by atoms with van der Waals surface area (Å²) < 4.78 is 37.0. The number of hydrogen-bond acceptors (Lipinski definition) is 5. The van der Waals surface area contributed by atoms with E-state index in [4.69, 9.17) is 9.84 Å². The minimum absolute atomic E-state index is 0.0510. The molecular weight excluding hydrogens is 402 g/mol. The van der Waals surface area contributed by atoms with Crippen LogP contribution in [-0.2, 0) is 11.3 Å². The zero-order valence-corrected chi connectivity index (χ0v) is 15.0. The minimum atomic E-state index is -2.99. The maximum absolute atomic E-state index is 12.7. The molecule has 0 aliphatic rings. The highest BCUT2D eigenvalue weighted by molar-refractivity contribution is 9.10. The van der Waals surface area contributed by atoms with Crippen molar-refractivity contribution in [1.82, 2.24) is 9.78 Å². The highest BCUT2D eigenvalue weighted by Crippen LogP contribution is 2.34. The van der Waals surface area contributed by atoms with Gasteiger partial charge in [-0.15, -0.1) is 0 Å². The predicted molar refractivity (Wildman–Crippen MR) is 89.7 cm³/mol. The first-order valence-corrected chi connectivity index (χ1v) is 8.36. The van der Waals surface area contributed by atoms with Crippen molar-refractivity contribution < 1.29 is 28.2 Å². The van der Waals surface area contributed by atoms with Crippen LogP contribution in [0.15, 0.2) is 28.7 Å². The van der Waals surface area contributed by atoms with Gasteiger partial charge in [0.15, 0.2) is 5.69 Å². The Bertz CT molecular complexity index is 737. The monoisotopic (exact) mass is 418 g/mol. The molecule has 2 rings (SSSR count). The van der Waals surface area contributed by atoms with Crippen LogP contribution in [-0.4, -0.2) is 40.7 Å². The average Bonchev–Trinajstić information content (AvgIpc) is 2.97. The third-order valence-corrected chi connectivity index (χ3v) is 3.72. The summed E-state index contributed by atoms with van der Waals surface area (Å²) in [4.78, 5) is 11.9. The number of nitrogens with zero attached hydrogens (tertiary/aromatic N) is 2. The number of hydrogen-bond donors (Lipinski definition) is 1. The Morgan fingerprint density at radius 1 is 1.40 bits per heavy atom. The standard InChI is InChI=1S/C16H17BrF2N2O4/c1-2-24-15(23)12-9-13(21(20-12)6-3-7-22)11-5-4-10(17)8-14(11)25-16(18)19/h4-5,8-9,16,22H,2-3,6-7H2,1H3. The Balaban J connectivity index is 2.50. The Kier molecular flexibility index (Phi) is 6.89. The van der Waals surface area contributed by atoms with Gasteiger partial charge in [0.05, 0.1) is 12.3 Å². The number of aliphatic hydroxyl groups excluding tert-OH is 1. The third-order valence-electron chi connectivity index (χ3n) is 3.23. The first kappa shape index (κ1) is 19.3. The van der Waals surface area contributed by atoms with Gasteiger partial charge in [0.25, 0.3) is 0 Å². The molecule has 6 nitrogen and oxygen atoms in total. The number of benzene rings is 1. The fourth-order valence-corrected chi connectivity index (χ4v) is 2.57. The number of carbonyl (C=O) groups is 1. The summed E-state index contributed by atoms with van der Waals surface area (Å²) in [5.74, 6) is -0.662. The molecule has 2 aromatic rings. The van der Waals surface area contributed by atoms with E-state index in [1.54, 1.807) is 19.1 Å². The van der Waals surface area contributed by atoms with E-state index in [1.165, 1.54) is 16.8 Å². The lowest BCUT2D eigenvalue weighted by Crippen LogP contribution is -2.09. The van der Waals surface area contributed by atoms with E-state index in [0.717, 1.165) is 0 Å². The molecule has 0 bridgehead atoms. The Labute approximate surface area is 151 Å². The highest BCUT2D eigenvalue weighted by atomic mass is 79.9. The van der Waals surface area contributed by atoms with Crippen LogP contribution in [0.1, 0.15) is 23.8 Å². The first-order valence-electron chi connectivity index (χ1n) is 7.56. The smallest absolute Gasteiger partial charge is 0.387 e. The fourth-order valence-electron chi connectivity index (χ4n) is 2.23. The van der Waals surface area contributed by atoms with Gasteiger partial charge < -0.3 is 14.6 Å². The number of halogens is 3. The third kappa shape index (κ3) is 4.99. The lowest BCUT2D eigenvalue weighted by Gasteiger charge is -2.12. The lowest BCUT2D eigenvalue weighted by atomic mass is 10.1. The van der Waals surface area contributed by atoms with Gasteiger partial charge in [0, 0.05) is 23.2 Å². The molecule has 0 radical (unpaired) electrons. The summed E-state index contributed by atoms with van der Waals surface area (Å²) in [7, 11) is 0. The minimum Gasteiger partial charge on any atom is -0.461 e. The first-order chi connectivity index (χ1) is 12.0. The van der Waals surface area contributed by atoms with Gasteiger partial charge in [-0.3, -0.25) is 4.68 Å². The van der Waals surface area contributed by atoms with E-state index in [1.807, 2.05) is 0 Å². The molecule has 1 N–H and O–H groups in total. The summed E-state index contributed by atoms with van der Waals surface area (Å²) in [6.45, 7) is -0.906. The number of esters is 1. The zero-order valence-electron chi connectivity index (χ0n) is 13.4. The van der Waals surface area contributed by atoms with E-state index in [0.29, 0.717) is 28.7 Å². The molecule has 1 aromatic heterocycles. The summed E-state index contributed by atoms with van der Waals surface area (Å²) in [6, 6.07) is 6.12. The average molecular weight is 419 g/mol. The molecule has 1 aromatic carbocycles. The second-order valence-electron chi connectivity index (χ2n) is 4.95. The van der Waals surface area contributed by atoms with Crippen molar-refractivity contribution in [3.8, 4) is 17.0 Å². The quantitative estimate of drug-likeness (QED) is 0.664. The van der Waals surface area contributed by atoms with Gasteiger partial charge in [-0.25, -0.2) is 4.79 Å². The van der Waals surface area contributed by atoms with Crippen LogP contribution in [0.25, 0.3) is 11.3 Å². The van der Waals surface area contributed by atoms with E-state index in [-0.39, 0.29) is 24.7 Å². The fraction of sp³-hybridized carbons (Fsp3) is 0.375. The Hall–Kier alpha value is -2.00. The molecule has 0 aliphatic heterocycles. The summed E-state index contributed by atoms with van der Waals surface area (Å²) in [5, 5.41) is 13.2. The van der Waals surface area contributed by atoms with Gasteiger partial charge in [0.1, 0.15) is 5.75 Å². The van der Waals surface area contributed by atoms with E-state index in [9.17, 15) is 13.6 Å². The van der Waals surface area contributed by atoms with Crippen LogP contribution in [0.3, 0.4) is 0 Å². The van der Waals surface area contributed by atoms with E-state index in [2.05, 4.69) is 25.8 Å². The SMILES string of the molecule is CCOC(=O)c1cc(-c2ccc(Br)cc2OC(F)F)n(CCCO)n1. The summed E-state index contributed by atoms with van der Waals surface area (Å²) in [6.07, 6.45) is 0.387. The van der Waals surface area contributed by atoms with Crippen LogP contribution >= 0.6 is 15.9 Å². The van der Waals surface area contributed by atoms with E-state index >= 15 is 0 Å². The molecule has 9 heteroatoms. The van der Waals surface area contributed by atoms with Crippen molar-refractivity contribution in [2.24, 2.45) is 0 Å². The lowest BCUT2D eigenvalue weighted by molar-refractivity contribution is -0.0495. The predicted octanol–water partition coefficient (Wildman–Crippen LogP) is 3.47. The second-order valence-corrected chi connectivity index (χ2v) is 5.87. The Morgan fingerprint density at radius 2 is 2.16 bits per heavy atom. The van der Waals surface area contributed by atoms with Crippen molar-refractivity contribution >= 4 is 21.9 Å². The van der Waals surface area contributed by atoms with Gasteiger partial charge in [0.2, 0.25) is 0 Å². The second kappa shape index (κ2) is 8.91. The van der Waals surface area contributed by atoms with Gasteiger partial charge in [-0.1, -0.05) is 15.9 Å². The molecule has 0 spiro atoms. The van der Waals surface area contributed by atoms with Crippen molar-refractivity contribution in [3.63, 3.8) is 0 Å². The number of aryl methyl sites for hydroxylation is 1. The zero-order chi connectivity index (χ0) is 18.4. The maximum Gasteiger partial charge on any atom is 0.387 e. The molecule has 0 fully saturated rings. The molecule has 136 valence electrons. The molecule has 0 saturated heterocycles. The van der Waals surface area contributed by atoms with Gasteiger partial charge in [-0.2, -0.15) is 13.9 Å². The van der Waals surface area contributed by atoms with Crippen molar-refractivity contribution in [2.45, 2.75) is 26.5 Å². The number of ether oxygens (including phenoxy) is 2. The Morgan fingerprint density at radius 3 is 2.80 bits per heavy atom. The number of aliphatic hydroxyl groups is 1. The van der Waals surface area contributed by atoms with Crippen LogP contribution < -0.4 is 4.74 Å². The molecule has 0 amide bonds. The number of carbonyl (C=O) groups excluding carboxylic acids is 1. The van der Waals surface area contributed by atoms with E-state index < -0.39 is 12.6 Å². The van der Waals surface area contributed by atoms with Crippen molar-refractivity contribution in [3.05, 3.63) is 34.4 Å². The van der Waals surface area contributed by atoms with Crippen molar-refractivity contribution in [2.75, 3.05) is 13.2 Å². The van der Waals surface area contributed by atoms with Gasteiger partial charge >= 0.3 is 12.6 Å². The number of alkyl halides is 2. The molecule has 0 unspecified atom stereocenters. The largest absolute Gasteiger partial charge is 0.461 e. The molecular formula is C16H17BrF2N2O4. The number of aromatic nitrogens is 2. The number of rotatable bonds is 8. The normalized spacial score (nSPS) is 11.0. The summed E-state index contributed by atoms with van der Waals surface area (Å²) >= 11 is 3.21. The van der Waals surface area contributed by atoms with Crippen LogP contribution in [0.5, 0.6) is 5.75 Å². The molecule has 0 aliphatic carbocycles. The summed E-state index contributed by atoms with van der Waals surface area (Å²) in [5.41, 5.74) is 0.824. The molecule has 1 heterocycles. The van der Waals surface area contributed by atoms with Crippen molar-refractivity contribution in [1.29, 1.82) is 0 Å². The van der Waals surface area contributed by atoms with Crippen LogP contribution in [0, 0.1) is 0 Å². The highest BCUT2D eigenvalue weighted by Gasteiger charge is 2.20. The molecule has 0 saturated carbocycles. The maximum atomic E-state index is 12.7. The van der Waals surface area contributed by atoms with Crippen LogP contribution in [0.2, 0.25) is 0 Å². The topological polar surface area (TPSA) is 73.6 Å². The molecule has 0 atom stereocenters. The van der Waals surface area contributed by atoms with Crippen LogP contribution in [0.4, 0.5) is 8.78 Å². The molecule has 25 heavy (non-hydrogen) atoms.